The van der Waals surface area contributed by atoms with E-state index in [9.17, 15) is 0 Å². The molecule has 0 fully saturated rings. The molecule has 0 N–H and O–H groups in total. The Balaban J connectivity index is 1.12. The summed E-state index contributed by atoms with van der Waals surface area (Å²) >= 11 is 3.95. The zero-order valence-electron chi connectivity index (χ0n) is 25.7. The van der Waals surface area contributed by atoms with Crippen LogP contribution in [0.1, 0.15) is 86.1 Å². The highest BCUT2D eigenvalue weighted by atomic mass is 32.1. The van der Waals surface area contributed by atoms with Crippen LogP contribution in [0.25, 0.3) is 53.6 Å². The van der Waals surface area contributed by atoms with Crippen molar-refractivity contribution in [3.8, 4) is 32.0 Å². The molecule has 1 aliphatic carbocycles. The number of aryl methyl sites for hydroxylation is 2. The third-order valence-electron chi connectivity index (χ3n) is 9.35. The summed E-state index contributed by atoms with van der Waals surface area (Å²) in [7, 11) is 0. The lowest BCUT2D eigenvalue weighted by molar-refractivity contribution is 0.670. The van der Waals surface area contributed by atoms with Gasteiger partial charge in [0.05, 0.1) is 0 Å². The van der Waals surface area contributed by atoms with Gasteiger partial charge in [-0.05, 0) is 123 Å². The molecule has 2 heteroatoms. The Bertz CT molecular complexity index is 1740. The summed E-state index contributed by atoms with van der Waals surface area (Å²) < 4.78 is 0. The van der Waals surface area contributed by atoms with Gasteiger partial charge < -0.3 is 0 Å². The van der Waals surface area contributed by atoms with E-state index in [2.05, 4.69) is 98.8 Å². The molecule has 218 valence electrons. The number of benzene rings is 4. The lowest BCUT2D eigenvalue weighted by Crippen LogP contribution is -1.86. The minimum atomic E-state index is 1.01. The van der Waals surface area contributed by atoms with Gasteiger partial charge in [0, 0.05) is 19.5 Å². The Morgan fingerprint density at radius 1 is 0.488 bits per heavy atom. The molecule has 1 aliphatic rings. The first kappa shape index (κ1) is 28.6. The van der Waals surface area contributed by atoms with Gasteiger partial charge in [0.15, 0.2) is 0 Å². The molecule has 0 aliphatic heterocycles. The molecule has 0 saturated heterocycles. The summed E-state index contributed by atoms with van der Waals surface area (Å²) in [5, 5.41) is 5.53. The molecule has 43 heavy (non-hydrogen) atoms. The molecular formula is C41H42S2. The van der Waals surface area contributed by atoms with Crippen LogP contribution in [0, 0.1) is 0 Å². The van der Waals surface area contributed by atoms with Gasteiger partial charge in [-0.25, -0.2) is 0 Å². The number of thiophene rings is 2. The van der Waals surface area contributed by atoms with Gasteiger partial charge in [-0.15, -0.1) is 22.7 Å². The lowest BCUT2D eigenvalue weighted by Gasteiger charge is -2.08. The first-order chi connectivity index (χ1) is 21.2. The summed E-state index contributed by atoms with van der Waals surface area (Å²) in [6.07, 6.45) is 14.1. The minimum Gasteiger partial charge on any atom is -0.140 e. The van der Waals surface area contributed by atoms with Crippen LogP contribution in [0.4, 0.5) is 0 Å². The van der Waals surface area contributed by atoms with Gasteiger partial charge >= 0.3 is 0 Å². The number of rotatable bonds is 12. The van der Waals surface area contributed by atoms with E-state index in [0.717, 1.165) is 6.42 Å². The van der Waals surface area contributed by atoms with Crippen LogP contribution in [-0.2, 0) is 19.3 Å². The number of unbranched alkanes of at least 4 members (excludes halogenated alkanes) is 6. The molecule has 0 bridgehead atoms. The van der Waals surface area contributed by atoms with Crippen molar-refractivity contribution in [3.05, 3.63) is 106 Å². The second-order valence-corrected chi connectivity index (χ2v) is 14.7. The van der Waals surface area contributed by atoms with Crippen molar-refractivity contribution >= 4 is 44.2 Å². The highest BCUT2D eigenvalue weighted by molar-refractivity contribution is 7.15. The van der Waals surface area contributed by atoms with Crippen LogP contribution in [0.2, 0.25) is 0 Å². The number of hydrogen-bond acceptors (Lipinski definition) is 2. The Morgan fingerprint density at radius 3 is 1.44 bits per heavy atom. The quantitative estimate of drug-likeness (QED) is 0.123. The van der Waals surface area contributed by atoms with E-state index >= 15 is 0 Å². The largest absolute Gasteiger partial charge is 0.140 e. The normalized spacial score (nSPS) is 12.3. The molecule has 0 radical (unpaired) electrons. The van der Waals surface area contributed by atoms with E-state index < -0.39 is 0 Å². The molecule has 0 atom stereocenters. The van der Waals surface area contributed by atoms with Gasteiger partial charge in [-0.1, -0.05) is 101 Å². The number of fused-ring (bicyclic) bond motifs is 7. The predicted molar refractivity (Wildman–Crippen MR) is 192 cm³/mol. The molecule has 6 aromatic rings. The molecule has 7 rings (SSSR count). The van der Waals surface area contributed by atoms with Crippen molar-refractivity contribution in [1.82, 2.24) is 0 Å². The summed E-state index contributed by atoms with van der Waals surface area (Å²) in [5.41, 5.74) is 8.51. The summed E-state index contributed by atoms with van der Waals surface area (Å²) in [6.45, 7) is 4.57. The van der Waals surface area contributed by atoms with Crippen molar-refractivity contribution in [3.63, 3.8) is 0 Å². The first-order valence-corrected chi connectivity index (χ1v) is 18.1. The first-order valence-electron chi connectivity index (χ1n) is 16.5. The van der Waals surface area contributed by atoms with Crippen LogP contribution in [0.5, 0.6) is 0 Å². The van der Waals surface area contributed by atoms with Gasteiger partial charge in [-0.2, -0.15) is 0 Å². The number of hydrogen-bond donors (Lipinski definition) is 0. The summed E-state index contributed by atoms with van der Waals surface area (Å²) in [4.78, 5) is 5.83. The molecule has 0 nitrogen and oxygen atoms in total. The molecule has 0 spiro atoms. The summed E-state index contributed by atoms with van der Waals surface area (Å²) in [5.74, 6) is 0. The Kier molecular flexibility index (Phi) is 8.51. The maximum atomic E-state index is 2.41. The van der Waals surface area contributed by atoms with E-state index in [1.165, 1.54) is 139 Å². The maximum Gasteiger partial charge on any atom is 0.0345 e. The molecule has 4 aromatic carbocycles. The predicted octanol–water partition coefficient (Wildman–Crippen LogP) is 13.3. The van der Waals surface area contributed by atoms with Crippen molar-refractivity contribution in [2.24, 2.45) is 0 Å². The lowest BCUT2D eigenvalue weighted by atomic mass is 9.97. The van der Waals surface area contributed by atoms with Crippen LogP contribution in [0.15, 0.2) is 84.9 Å². The van der Waals surface area contributed by atoms with Crippen LogP contribution in [-0.4, -0.2) is 0 Å². The monoisotopic (exact) mass is 598 g/mol. The molecule has 0 unspecified atom stereocenters. The van der Waals surface area contributed by atoms with E-state index in [0.29, 0.717) is 0 Å². The van der Waals surface area contributed by atoms with E-state index in [4.69, 9.17) is 0 Å². The SMILES string of the molecule is CCCCCCc1ccc(-c2ccc3c4c(ccc3c2)-c2ccc3cc(-c5ccc(CCCCCC)s5)ccc3c2C4)s1. The summed E-state index contributed by atoms with van der Waals surface area (Å²) in [6, 6.07) is 33.1. The Morgan fingerprint density at radius 2 is 0.977 bits per heavy atom. The Hall–Kier alpha value is -3.20. The highest BCUT2D eigenvalue weighted by Crippen LogP contribution is 2.45. The fraction of sp³-hybridized carbons (Fsp3) is 0.317. The van der Waals surface area contributed by atoms with Gasteiger partial charge in [0.2, 0.25) is 0 Å². The molecule has 0 amide bonds. The van der Waals surface area contributed by atoms with Crippen molar-refractivity contribution < 1.29 is 0 Å². The second-order valence-electron chi connectivity index (χ2n) is 12.4. The minimum absolute atomic E-state index is 1.01. The maximum absolute atomic E-state index is 2.41. The smallest absolute Gasteiger partial charge is 0.0345 e. The Labute approximate surface area is 265 Å². The molecule has 2 heterocycles. The average molecular weight is 599 g/mol. The highest BCUT2D eigenvalue weighted by Gasteiger charge is 2.23. The van der Waals surface area contributed by atoms with E-state index in [1.807, 2.05) is 22.7 Å². The van der Waals surface area contributed by atoms with Gasteiger partial charge in [0.1, 0.15) is 0 Å². The van der Waals surface area contributed by atoms with Crippen molar-refractivity contribution in [2.75, 3.05) is 0 Å². The fourth-order valence-electron chi connectivity index (χ4n) is 6.94. The third-order valence-corrected chi connectivity index (χ3v) is 11.7. The topological polar surface area (TPSA) is 0 Å². The van der Waals surface area contributed by atoms with Crippen molar-refractivity contribution in [1.29, 1.82) is 0 Å². The standard InChI is InChI=1S/C41H42S2/c1-3-5-7-9-11-32-17-23-40(42-32)30-15-19-34-28(25-30)13-21-36-37-22-14-29-26-31(16-20-35(29)39(37)27-38(34)36)41-24-18-33(43-41)12-10-8-6-4-2/h13-26H,3-12,27H2,1-2H3. The van der Waals surface area contributed by atoms with E-state index in [1.54, 1.807) is 0 Å². The van der Waals surface area contributed by atoms with Crippen LogP contribution in [0.3, 0.4) is 0 Å². The zero-order valence-corrected chi connectivity index (χ0v) is 27.3. The molecule has 0 saturated carbocycles. The van der Waals surface area contributed by atoms with E-state index in [-0.39, 0.29) is 0 Å². The molecular weight excluding hydrogens is 557 g/mol. The third kappa shape index (κ3) is 5.85. The van der Waals surface area contributed by atoms with Crippen LogP contribution < -0.4 is 0 Å². The fourth-order valence-corrected chi connectivity index (χ4v) is 9.04. The van der Waals surface area contributed by atoms with Crippen molar-refractivity contribution in [2.45, 2.75) is 84.5 Å². The zero-order chi connectivity index (χ0) is 29.2. The average Bonchev–Trinajstić information content (AvgIpc) is 3.80. The van der Waals surface area contributed by atoms with Crippen LogP contribution >= 0.6 is 22.7 Å². The van der Waals surface area contributed by atoms with Gasteiger partial charge in [-0.3, -0.25) is 0 Å². The van der Waals surface area contributed by atoms with Gasteiger partial charge in [0.25, 0.3) is 0 Å². The second kappa shape index (κ2) is 12.8. The molecule has 2 aromatic heterocycles.